The molecule has 0 spiro atoms. The average Bonchev–Trinajstić information content (AvgIpc) is 3.26. The lowest BCUT2D eigenvalue weighted by atomic mass is 9.88. The van der Waals surface area contributed by atoms with Crippen molar-refractivity contribution in [1.29, 1.82) is 0 Å². The van der Waals surface area contributed by atoms with Gasteiger partial charge in [0.1, 0.15) is 5.60 Å². The summed E-state index contributed by atoms with van der Waals surface area (Å²) in [5.74, 6) is 0.734. The maximum atomic E-state index is 12.0. The molecule has 1 saturated carbocycles. The van der Waals surface area contributed by atoms with Gasteiger partial charge in [0.15, 0.2) is 0 Å². The Balaban J connectivity index is 1.40. The molecule has 1 aliphatic heterocycles. The van der Waals surface area contributed by atoms with Crippen LogP contribution in [-0.2, 0) is 4.79 Å². The lowest BCUT2D eigenvalue weighted by Crippen LogP contribution is -2.64. The molecule has 0 radical (unpaired) electrons. The molecule has 3 heteroatoms. The number of hydrogen-bond donors (Lipinski definition) is 1. The molecule has 3 nitrogen and oxygen atoms in total. The summed E-state index contributed by atoms with van der Waals surface area (Å²) in [7, 11) is 0. The van der Waals surface area contributed by atoms with Crippen molar-refractivity contribution < 1.29 is 9.90 Å². The van der Waals surface area contributed by atoms with E-state index in [-0.39, 0.29) is 5.91 Å². The Morgan fingerprint density at radius 2 is 1.52 bits per heavy atom. The molecule has 2 rings (SSSR count). The molecule has 122 valence electrons. The largest absolute Gasteiger partial charge is 0.386 e. The van der Waals surface area contributed by atoms with Crippen LogP contribution in [-0.4, -0.2) is 34.6 Å². The number of amides is 1. The zero-order valence-corrected chi connectivity index (χ0v) is 13.8. The number of carbonyl (C=O) groups is 1. The minimum atomic E-state index is -0.520. The molecular formula is C18H33NO2. The molecule has 1 heterocycles. The Kier molecular flexibility index (Phi) is 6.53. The van der Waals surface area contributed by atoms with Crippen LogP contribution in [0.3, 0.4) is 0 Å². The van der Waals surface area contributed by atoms with Crippen molar-refractivity contribution in [2.24, 2.45) is 5.92 Å². The third-order valence-corrected chi connectivity index (χ3v) is 5.11. The molecule has 2 aliphatic rings. The first-order valence-electron chi connectivity index (χ1n) is 9.16. The fraction of sp³-hybridized carbons (Fsp3) is 0.944. The van der Waals surface area contributed by atoms with E-state index < -0.39 is 5.60 Å². The van der Waals surface area contributed by atoms with Crippen molar-refractivity contribution in [3.8, 4) is 0 Å². The van der Waals surface area contributed by atoms with Gasteiger partial charge in [0.2, 0.25) is 5.91 Å². The Hall–Kier alpha value is -0.570. The van der Waals surface area contributed by atoms with E-state index in [1.165, 1.54) is 51.4 Å². The van der Waals surface area contributed by atoms with Crippen molar-refractivity contribution >= 4 is 5.91 Å². The van der Waals surface area contributed by atoms with Crippen molar-refractivity contribution in [3.63, 3.8) is 0 Å². The first-order chi connectivity index (χ1) is 10.2. The third-order valence-electron chi connectivity index (χ3n) is 5.11. The number of aliphatic hydroxyl groups is 1. The van der Waals surface area contributed by atoms with E-state index in [1.807, 2.05) is 4.90 Å². The van der Waals surface area contributed by atoms with Gasteiger partial charge in [-0.2, -0.15) is 0 Å². The summed E-state index contributed by atoms with van der Waals surface area (Å²) in [6, 6.07) is 0. The van der Waals surface area contributed by atoms with Crippen LogP contribution in [0.5, 0.6) is 0 Å². The van der Waals surface area contributed by atoms with E-state index in [9.17, 15) is 9.90 Å². The molecule has 0 aromatic rings. The zero-order chi connectivity index (χ0) is 15.1. The first-order valence-corrected chi connectivity index (χ1v) is 9.16. The van der Waals surface area contributed by atoms with Crippen molar-refractivity contribution in [2.45, 2.75) is 89.6 Å². The summed E-state index contributed by atoms with van der Waals surface area (Å²) in [4.78, 5) is 13.8. The number of nitrogens with zero attached hydrogens (tertiary/aromatic N) is 1. The Bertz CT molecular complexity index is 319. The van der Waals surface area contributed by atoms with Crippen LogP contribution in [0.15, 0.2) is 0 Å². The van der Waals surface area contributed by atoms with Crippen LogP contribution in [0.4, 0.5) is 0 Å². The SMILES string of the molecule is CCCCCCCCCCCC(=O)N1CC(O)(C2CC2)C1. The standard InChI is InChI=1S/C18H33NO2/c1-2-3-4-5-6-7-8-9-10-11-17(20)19-14-18(21,15-19)16-12-13-16/h16,21H,2-15H2,1H3. The molecule has 1 saturated heterocycles. The van der Waals surface area contributed by atoms with Gasteiger partial charge in [-0.3, -0.25) is 4.79 Å². The first kappa shape index (κ1) is 16.8. The Labute approximate surface area is 130 Å². The number of rotatable bonds is 11. The molecule has 0 bridgehead atoms. The van der Waals surface area contributed by atoms with Crippen LogP contribution in [0.2, 0.25) is 0 Å². The van der Waals surface area contributed by atoms with Gasteiger partial charge in [-0.1, -0.05) is 58.3 Å². The number of unbranched alkanes of at least 4 members (excludes halogenated alkanes) is 8. The summed E-state index contributed by atoms with van der Waals surface area (Å²) in [5.41, 5.74) is -0.520. The smallest absolute Gasteiger partial charge is 0.222 e. The van der Waals surface area contributed by atoms with E-state index in [4.69, 9.17) is 0 Å². The fourth-order valence-corrected chi connectivity index (χ4v) is 3.41. The lowest BCUT2D eigenvalue weighted by molar-refractivity contribution is -0.159. The molecule has 21 heavy (non-hydrogen) atoms. The second-order valence-corrected chi connectivity index (χ2v) is 7.21. The van der Waals surface area contributed by atoms with Gasteiger partial charge in [0, 0.05) is 6.42 Å². The molecular weight excluding hydrogens is 262 g/mol. The van der Waals surface area contributed by atoms with Crippen LogP contribution < -0.4 is 0 Å². The minimum absolute atomic E-state index is 0.253. The van der Waals surface area contributed by atoms with Gasteiger partial charge in [0.25, 0.3) is 0 Å². The summed E-state index contributed by atoms with van der Waals surface area (Å²) in [5, 5.41) is 10.2. The lowest BCUT2D eigenvalue weighted by Gasteiger charge is -2.47. The van der Waals surface area contributed by atoms with Crippen molar-refractivity contribution in [3.05, 3.63) is 0 Å². The summed E-state index contributed by atoms with van der Waals surface area (Å²) >= 11 is 0. The average molecular weight is 295 g/mol. The van der Waals surface area contributed by atoms with Crippen molar-refractivity contribution in [1.82, 2.24) is 4.90 Å². The maximum absolute atomic E-state index is 12.0. The van der Waals surface area contributed by atoms with Crippen LogP contribution in [0, 0.1) is 5.92 Å². The van der Waals surface area contributed by atoms with Crippen LogP contribution in [0.1, 0.15) is 84.0 Å². The van der Waals surface area contributed by atoms with E-state index in [1.54, 1.807) is 0 Å². The highest BCUT2D eigenvalue weighted by atomic mass is 16.3. The van der Waals surface area contributed by atoms with Gasteiger partial charge in [-0.25, -0.2) is 0 Å². The molecule has 2 fully saturated rings. The monoisotopic (exact) mass is 295 g/mol. The second kappa shape index (κ2) is 8.17. The number of hydrogen-bond acceptors (Lipinski definition) is 2. The van der Waals surface area contributed by atoms with Gasteiger partial charge in [-0.05, 0) is 25.2 Å². The predicted octanol–water partition coefficient (Wildman–Crippen LogP) is 3.89. The number of β-amino-alcohol motifs (C(OH)–C–C–N with tert-alkyl or cyclic N) is 1. The van der Waals surface area contributed by atoms with Gasteiger partial charge in [0.05, 0.1) is 13.1 Å². The van der Waals surface area contributed by atoms with Crippen molar-refractivity contribution in [2.75, 3.05) is 13.1 Å². The third kappa shape index (κ3) is 5.28. The molecule has 1 N–H and O–H groups in total. The van der Waals surface area contributed by atoms with E-state index >= 15 is 0 Å². The van der Waals surface area contributed by atoms with E-state index in [2.05, 4.69) is 6.92 Å². The van der Waals surface area contributed by atoms with Crippen LogP contribution >= 0.6 is 0 Å². The summed E-state index contributed by atoms with van der Waals surface area (Å²) in [6.07, 6.45) is 14.6. The topological polar surface area (TPSA) is 40.5 Å². The Morgan fingerprint density at radius 3 is 2.05 bits per heavy atom. The molecule has 0 atom stereocenters. The highest BCUT2D eigenvalue weighted by molar-refractivity contribution is 5.77. The predicted molar refractivity (Wildman–Crippen MR) is 86.1 cm³/mol. The van der Waals surface area contributed by atoms with E-state index in [0.717, 1.165) is 19.3 Å². The normalized spacial score (nSPS) is 20.4. The Morgan fingerprint density at radius 1 is 1.00 bits per heavy atom. The highest BCUT2D eigenvalue weighted by Gasteiger charge is 2.52. The number of carbonyl (C=O) groups excluding carboxylic acids is 1. The second-order valence-electron chi connectivity index (χ2n) is 7.21. The fourth-order valence-electron chi connectivity index (χ4n) is 3.41. The summed E-state index contributed by atoms with van der Waals surface area (Å²) in [6.45, 7) is 3.43. The quantitative estimate of drug-likeness (QED) is 0.587. The number of likely N-dealkylation sites (tertiary alicyclic amines) is 1. The van der Waals surface area contributed by atoms with Crippen LogP contribution in [0.25, 0.3) is 0 Å². The van der Waals surface area contributed by atoms with Gasteiger partial charge in [-0.15, -0.1) is 0 Å². The molecule has 0 aromatic carbocycles. The van der Waals surface area contributed by atoms with Gasteiger partial charge >= 0.3 is 0 Å². The molecule has 1 amide bonds. The zero-order valence-electron chi connectivity index (χ0n) is 13.8. The molecule has 0 unspecified atom stereocenters. The van der Waals surface area contributed by atoms with E-state index in [0.29, 0.717) is 25.4 Å². The summed E-state index contributed by atoms with van der Waals surface area (Å²) < 4.78 is 0. The molecule has 0 aromatic heterocycles. The molecule has 1 aliphatic carbocycles. The van der Waals surface area contributed by atoms with Gasteiger partial charge < -0.3 is 10.0 Å². The maximum Gasteiger partial charge on any atom is 0.222 e. The highest BCUT2D eigenvalue weighted by Crippen LogP contribution is 2.44. The minimum Gasteiger partial charge on any atom is -0.386 e.